The Morgan fingerprint density at radius 2 is 1.72 bits per heavy atom. The normalized spacial score (nSPS) is 12.4. The van der Waals surface area contributed by atoms with E-state index in [0.29, 0.717) is 18.7 Å². The van der Waals surface area contributed by atoms with Gasteiger partial charge in [0.1, 0.15) is 0 Å². The molecule has 1 N–H and O–H groups in total. The lowest BCUT2D eigenvalue weighted by atomic mass is 9.97. The zero-order valence-corrected chi connectivity index (χ0v) is 26.1. The number of nitrogens with one attached hydrogen (secondary N) is 1. The maximum Gasteiger partial charge on any atom is 0.269 e. The molecule has 0 unspecified atom stereocenters. The second kappa shape index (κ2) is 14.8. The third-order valence-corrected chi connectivity index (χ3v) is 8.44. The lowest BCUT2D eigenvalue weighted by Crippen LogP contribution is -2.49. The third kappa shape index (κ3) is 7.86. The Hall–Kier alpha value is -5.45. The predicted octanol–water partition coefficient (Wildman–Crippen LogP) is 6.69. The Labute approximate surface area is 271 Å². The van der Waals surface area contributed by atoms with Gasteiger partial charge in [0.15, 0.2) is 11.6 Å². The molecule has 5 rings (SSSR count). The average molecular weight is 640 g/mol. The monoisotopic (exact) mass is 639 g/mol. The number of nitrogens with zero attached hydrogens (tertiary/aromatic N) is 4. The third-order valence-electron chi connectivity index (χ3n) is 8.44. The number of hydrogen-bond acceptors (Lipinski definition) is 5. The van der Waals surface area contributed by atoms with Crippen LogP contribution in [0.1, 0.15) is 47.4 Å². The number of halogens is 2. The predicted molar refractivity (Wildman–Crippen MR) is 175 cm³/mol. The van der Waals surface area contributed by atoms with Crippen LogP contribution in [-0.4, -0.2) is 43.8 Å². The van der Waals surface area contributed by atoms with Crippen LogP contribution in [0.15, 0.2) is 97.5 Å². The van der Waals surface area contributed by atoms with Gasteiger partial charge in [-0.3, -0.25) is 19.7 Å². The molecule has 242 valence electrons. The summed E-state index contributed by atoms with van der Waals surface area (Å²) in [5.41, 5.74) is 1.88. The second-order valence-electron chi connectivity index (χ2n) is 11.6. The Morgan fingerprint density at radius 1 is 1.00 bits per heavy atom. The molecule has 0 bridgehead atoms. The van der Waals surface area contributed by atoms with E-state index in [1.165, 1.54) is 29.2 Å². The van der Waals surface area contributed by atoms with Gasteiger partial charge in [-0.25, -0.2) is 13.8 Å². The molecule has 47 heavy (non-hydrogen) atoms. The first-order chi connectivity index (χ1) is 22.6. The molecule has 0 saturated carbocycles. The van der Waals surface area contributed by atoms with Crippen molar-refractivity contribution in [2.24, 2.45) is 5.92 Å². The molecular weight excluding hydrogens is 604 g/mol. The highest BCUT2D eigenvalue weighted by Gasteiger charge is 2.28. The number of aromatic nitrogens is 2. The van der Waals surface area contributed by atoms with Crippen LogP contribution in [0.25, 0.3) is 10.8 Å². The van der Waals surface area contributed by atoms with Gasteiger partial charge in [0.25, 0.3) is 11.6 Å². The van der Waals surface area contributed by atoms with Crippen molar-refractivity contribution in [3.05, 3.63) is 142 Å². The molecule has 0 aliphatic rings. The largest absolute Gasteiger partial charge is 0.351 e. The van der Waals surface area contributed by atoms with E-state index in [-0.39, 0.29) is 42.6 Å². The molecule has 0 saturated heterocycles. The molecule has 0 aliphatic heterocycles. The number of imidazole rings is 1. The fourth-order valence-corrected chi connectivity index (χ4v) is 5.56. The number of benzene rings is 4. The zero-order valence-electron chi connectivity index (χ0n) is 26.1. The molecule has 1 heterocycles. The number of nitro groups is 1. The van der Waals surface area contributed by atoms with Crippen molar-refractivity contribution in [2.45, 2.75) is 45.8 Å². The molecule has 0 aliphatic carbocycles. The van der Waals surface area contributed by atoms with E-state index in [1.807, 2.05) is 56.3 Å². The van der Waals surface area contributed by atoms with Crippen LogP contribution in [0.4, 0.5) is 14.5 Å². The number of non-ortho nitro benzene ring substituents is 1. The van der Waals surface area contributed by atoms with Crippen LogP contribution >= 0.6 is 0 Å². The van der Waals surface area contributed by atoms with Gasteiger partial charge >= 0.3 is 0 Å². The molecule has 0 radical (unpaired) electrons. The van der Waals surface area contributed by atoms with Crippen molar-refractivity contribution in [3.63, 3.8) is 0 Å². The lowest BCUT2D eigenvalue weighted by molar-refractivity contribution is -0.384. The summed E-state index contributed by atoms with van der Waals surface area (Å²) in [7, 11) is 0. The molecule has 5 aromatic rings. The average Bonchev–Trinajstić information content (AvgIpc) is 3.50. The number of nitro benzene ring substituents is 1. The molecule has 11 heteroatoms. The highest BCUT2D eigenvalue weighted by Crippen LogP contribution is 2.23. The maximum atomic E-state index is 14.9. The number of fused-ring (bicyclic) bond motifs is 1. The summed E-state index contributed by atoms with van der Waals surface area (Å²) >= 11 is 0. The van der Waals surface area contributed by atoms with Crippen LogP contribution in [0.2, 0.25) is 0 Å². The van der Waals surface area contributed by atoms with Crippen molar-refractivity contribution >= 4 is 28.3 Å². The minimum Gasteiger partial charge on any atom is -0.351 e. The first-order valence-corrected chi connectivity index (χ1v) is 15.4. The zero-order chi connectivity index (χ0) is 33.5. The Bertz CT molecular complexity index is 1890. The fourth-order valence-electron chi connectivity index (χ4n) is 5.56. The van der Waals surface area contributed by atoms with Gasteiger partial charge in [0.05, 0.1) is 23.2 Å². The SMILES string of the molecule is CC[C@H](C)[C@@H](CN(Cc1cccc2ccccc12)C(=O)c1cccc(F)c1F)NC(=O)Cc1cncn1Cc1ccc([N+](=O)[O-])cc1. The minimum absolute atomic E-state index is 0.00426. The van der Waals surface area contributed by atoms with Gasteiger partial charge in [-0.05, 0) is 39.9 Å². The van der Waals surface area contributed by atoms with Crippen molar-refractivity contribution in [3.8, 4) is 0 Å². The molecule has 9 nitrogen and oxygen atoms in total. The van der Waals surface area contributed by atoms with E-state index in [2.05, 4.69) is 10.3 Å². The van der Waals surface area contributed by atoms with Gasteiger partial charge in [0.2, 0.25) is 5.91 Å². The van der Waals surface area contributed by atoms with Gasteiger partial charge in [-0.1, -0.05) is 80.9 Å². The quantitative estimate of drug-likeness (QED) is 0.114. The van der Waals surface area contributed by atoms with E-state index in [4.69, 9.17) is 0 Å². The topological polar surface area (TPSA) is 110 Å². The number of amides is 2. The molecule has 2 atom stereocenters. The first-order valence-electron chi connectivity index (χ1n) is 15.4. The number of rotatable bonds is 13. The van der Waals surface area contributed by atoms with Crippen LogP contribution < -0.4 is 5.32 Å². The number of carbonyl (C=O) groups is 2. The molecule has 1 aromatic heterocycles. The summed E-state index contributed by atoms with van der Waals surface area (Å²) in [5.74, 6) is -3.37. The van der Waals surface area contributed by atoms with Crippen LogP contribution in [0, 0.1) is 27.7 Å². The highest BCUT2D eigenvalue weighted by molar-refractivity contribution is 5.95. The summed E-state index contributed by atoms with van der Waals surface area (Å²) in [6.45, 7) is 4.48. The van der Waals surface area contributed by atoms with Crippen molar-refractivity contribution < 1.29 is 23.3 Å². The van der Waals surface area contributed by atoms with Gasteiger partial charge in [0, 0.05) is 49.7 Å². The van der Waals surface area contributed by atoms with Crippen LogP contribution in [0.5, 0.6) is 0 Å². The van der Waals surface area contributed by atoms with Gasteiger partial charge in [-0.2, -0.15) is 0 Å². The Morgan fingerprint density at radius 3 is 2.47 bits per heavy atom. The van der Waals surface area contributed by atoms with E-state index >= 15 is 0 Å². The van der Waals surface area contributed by atoms with Crippen LogP contribution in [-0.2, 0) is 24.3 Å². The Balaban J connectivity index is 1.38. The Kier molecular flexibility index (Phi) is 10.3. The van der Waals surface area contributed by atoms with Gasteiger partial charge < -0.3 is 14.8 Å². The van der Waals surface area contributed by atoms with Crippen molar-refractivity contribution in [1.82, 2.24) is 19.8 Å². The molecule has 0 spiro atoms. The van der Waals surface area contributed by atoms with Crippen LogP contribution in [0.3, 0.4) is 0 Å². The fraction of sp³-hybridized carbons (Fsp3) is 0.250. The molecule has 4 aromatic carbocycles. The summed E-state index contributed by atoms with van der Waals surface area (Å²) in [5, 5.41) is 16.0. The molecular formula is C36H35F2N5O4. The summed E-state index contributed by atoms with van der Waals surface area (Å²) in [4.78, 5) is 43.6. The van der Waals surface area contributed by atoms with Gasteiger partial charge in [-0.15, -0.1) is 0 Å². The van der Waals surface area contributed by atoms with E-state index in [0.717, 1.165) is 28.0 Å². The molecule has 0 fully saturated rings. The summed E-state index contributed by atoms with van der Waals surface area (Å²) in [6.07, 6.45) is 3.87. The summed E-state index contributed by atoms with van der Waals surface area (Å²) < 4.78 is 30.9. The minimum atomic E-state index is -1.22. The van der Waals surface area contributed by atoms with Crippen molar-refractivity contribution in [1.29, 1.82) is 0 Å². The van der Waals surface area contributed by atoms with E-state index < -0.39 is 28.5 Å². The molecule has 2 amide bonds. The first kappa shape index (κ1) is 32.9. The van der Waals surface area contributed by atoms with Crippen molar-refractivity contribution in [2.75, 3.05) is 6.54 Å². The second-order valence-corrected chi connectivity index (χ2v) is 11.6. The summed E-state index contributed by atoms with van der Waals surface area (Å²) in [6, 6.07) is 22.7. The highest BCUT2D eigenvalue weighted by atomic mass is 19.2. The standard InChI is InChI=1S/C36H35F2N5O4/c1-3-24(2)33(40-34(44)18-29-19-39-23-42(29)20-25-14-16-28(17-15-25)43(46)47)22-41(36(45)31-12-7-13-32(37)35(31)38)21-27-10-6-9-26-8-4-5-11-30(26)27/h4-17,19,23-24,33H,3,18,20-22H2,1-2H3,(H,40,44)/t24-,33+/m0/s1. The van der Waals surface area contributed by atoms with E-state index in [1.54, 1.807) is 29.2 Å². The van der Waals surface area contributed by atoms with E-state index in [9.17, 15) is 28.5 Å². The number of carbonyl (C=O) groups excluding carboxylic acids is 2. The number of hydrogen-bond donors (Lipinski definition) is 1. The smallest absolute Gasteiger partial charge is 0.269 e. The lowest BCUT2D eigenvalue weighted by Gasteiger charge is -2.32. The maximum absolute atomic E-state index is 14.9.